The lowest BCUT2D eigenvalue weighted by atomic mass is 10.4. The summed E-state index contributed by atoms with van der Waals surface area (Å²) in [5.41, 5.74) is -0.790. The van der Waals surface area contributed by atoms with E-state index in [1.54, 1.807) is 0 Å². The molecular formula is C5H7ClO3. The summed E-state index contributed by atoms with van der Waals surface area (Å²) in [4.78, 5) is 10.1. The maximum atomic E-state index is 10.1. The Hall–Kier alpha value is -0.280. The van der Waals surface area contributed by atoms with E-state index in [1.165, 1.54) is 0 Å². The highest BCUT2D eigenvalue weighted by atomic mass is 35.5. The molecule has 1 aliphatic heterocycles. The maximum absolute atomic E-state index is 10.1. The molecule has 9 heavy (non-hydrogen) atoms. The summed E-state index contributed by atoms with van der Waals surface area (Å²) in [5.74, 6) is 0. The topological polar surface area (TPSA) is 35.5 Å². The van der Waals surface area contributed by atoms with E-state index in [0.29, 0.717) is 6.61 Å². The van der Waals surface area contributed by atoms with Crippen LogP contribution in [0.3, 0.4) is 0 Å². The SMILES string of the molecule is O=C(Cl)O[C@H]1CCCO1. The molecule has 1 heterocycles. The van der Waals surface area contributed by atoms with Crippen molar-refractivity contribution in [1.29, 1.82) is 0 Å². The molecule has 0 amide bonds. The van der Waals surface area contributed by atoms with Crippen LogP contribution in [0.1, 0.15) is 12.8 Å². The van der Waals surface area contributed by atoms with Crippen LogP contribution in [-0.4, -0.2) is 18.3 Å². The molecule has 1 saturated heterocycles. The maximum Gasteiger partial charge on any atom is 0.406 e. The minimum atomic E-state index is -0.790. The van der Waals surface area contributed by atoms with E-state index in [2.05, 4.69) is 4.74 Å². The average Bonchev–Trinajstić information content (AvgIpc) is 2.15. The van der Waals surface area contributed by atoms with Gasteiger partial charge in [0.2, 0.25) is 6.29 Å². The molecule has 0 unspecified atom stereocenters. The van der Waals surface area contributed by atoms with Gasteiger partial charge in [-0.2, -0.15) is 0 Å². The van der Waals surface area contributed by atoms with Crippen molar-refractivity contribution in [2.24, 2.45) is 0 Å². The highest BCUT2D eigenvalue weighted by molar-refractivity contribution is 6.61. The van der Waals surface area contributed by atoms with E-state index < -0.39 is 11.7 Å². The summed E-state index contributed by atoms with van der Waals surface area (Å²) in [7, 11) is 0. The second-order valence-electron chi connectivity index (χ2n) is 1.80. The molecule has 0 aliphatic carbocycles. The van der Waals surface area contributed by atoms with E-state index in [4.69, 9.17) is 16.3 Å². The number of carbonyl (C=O) groups is 1. The first kappa shape index (κ1) is 6.83. The highest BCUT2D eigenvalue weighted by Gasteiger charge is 2.18. The van der Waals surface area contributed by atoms with Crippen LogP contribution in [0.15, 0.2) is 0 Å². The van der Waals surface area contributed by atoms with Crippen molar-refractivity contribution in [2.45, 2.75) is 19.1 Å². The van der Waals surface area contributed by atoms with Gasteiger partial charge < -0.3 is 9.47 Å². The first-order valence-corrected chi connectivity index (χ1v) is 3.14. The van der Waals surface area contributed by atoms with Crippen molar-refractivity contribution in [3.63, 3.8) is 0 Å². The number of hydrogen-bond acceptors (Lipinski definition) is 3. The number of hydrogen-bond donors (Lipinski definition) is 0. The van der Waals surface area contributed by atoms with E-state index in [-0.39, 0.29) is 0 Å². The third kappa shape index (κ3) is 2.20. The van der Waals surface area contributed by atoms with Crippen molar-refractivity contribution in [1.82, 2.24) is 0 Å². The zero-order valence-corrected chi connectivity index (χ0v) is 5.56. The number of ether oxygens (including phenoxy) is 2. The van der Waals surface area contributed by atoms with Gasteiger partial charge in [0.15, 0.2) is 0 Å². The Labute approximate surface area is 57.9 Å². The summed E-state index contributed by atoms with van der Waals surface area (Å²) < 4.78 is 9.45. The summed E-state index contributed by atoms with van der Waals surface area (Å²) in [5, 5.41) is 0. The molecule has 1 fully saturated rings. The molecule has 1 rings (SSSR count). The minimum Gasteiger partial charge on any atom is -0.424 e. The number of halogens is 1. The van der Waals surface area contributed by atoms with Gasteiger partial charge in [-0.1, -0.05) is 0 Å². The Morgan fingerprint density at radius 1 is 1.78 bits per heavy atom. The Morgan fingerprint density at radius 2 is 2.56 bits per heavy atom. The van der Waals surface area contributed by atoms with Gasteiger partial charge in [0.1, 0.15) is 0 Å². The van der Waals surface area contributed by atoms with Crippen LogP contribution in [0.4, 0.5) is 4.79 Å². The van der Waals surface area contributed by atoms with Crippen LogP contribution in [0, 0.1) is 0 Å². The lowest BCUT2D eigenvalue weighted by Gasteiger charge is -2.05. The van der Waals surface area contributed by atoms with Crippen LogP contribution < -0.4 is 0 Å². The van der Waals surface area contributed by atoms with Gasteiger partial charge in [-0.05, 0) is 6.42 Å². The quantitative estimate of drug-likeness (QED) is 0.532. The van der Waals surface area contributed by atoms with Gasteiger partial charge in [-0.15, -0.1) is 0 Å². The fourth-order valence-corrected chi connectivity index (χ4v) is 0.844. The summed E-state index contributed by atoms with van der Waals surface area (Å²) in [6.45, 7) is 0.662. The summed E-state index contributed by atoms with van der Waals surface area (Å²) in [6.07, 6.45) is 1.31. The third-order valence-electron chi connectivity index (χ3n) is 1.11. The van der Waals surface area contributed by atoms with Crippen LogP contribution in [0.5, 0.6) is 0 Å². The van der Waals surface area contributed by atoms with Gasteiger partial charge in [0.05, 0.1) is 6.61 Å². The zero-order valence-electron chi connectivity index (χ0n) is 4.80. The third-order valence-corrected chi connectivity index (χ3v) is 1.20. The lowest BCUT2D eigenvalue weighted by Crippen LogP contribution is -2.11. The predicted molar refractivity (Wildman–Crippen MR) is 31.3 cm³/mol. The fourth-order valence-electron chi connectivity index (χ4n) is 0.744. The summed E-state index contributed by atoms with van der Waals surface area (Å²) in [6, 6.07) is 0. The molecule has 0 spiro atoms. The predicted octanol–water partition coefficient (Wildman–Crippen LogP) is 1.50. The Kier molecular flexibility index (Phi) is 2.30. The average molecular weight is 151 g/mol. The van der Waals surface area contributed by atoms with Crippen LogP contribution in [0.25, 0.3) is 0 Å². The van der Waals surface area contributed by atoms with E-state index >= 15 is 0 Å². The van der Waals surface area contributed by atoms with Crippen molar-refractivity contribution in [3.8, 4) is 0 Å². The molecule has 0 aromatic rings. The van der Waals surface area contributed by atoms with Gasteiger partial charge in [0.25, 0.3) is 0 Å². The monoisotopic (exact) mass is 150 g/mol. The van der Waals surface area contributed by atoms with E-state index in [1.807, 2.05) is 0 Å². The van der Waals surface area contributed by atoms with Crippen molar-refractivity contribution in [3.05, 3.63) is 0 Å². The van der Waals surface area contributed by atoms with E-state index in [0.717, 1.165) is 12.8 Å². The Morgan fingerprint density at radius 3 is 3.00 bits per heavy atom. The Balaban J connectivity index is 2.19. The molecule has 1 atom stereocenters. The second-order valence-corrected chi connectivity index (χ2v) is 2.11. The number of rotatable bonds is 1. The van der Waals surface area contributed by atoms with Crippen LogP contribution in [0.2, 0.25) is 0 Å². The van der Waals surface area contributed by atoms with Crippen molar-refractivity contribution >= 4 is 17.0 Å². The highest BCUT2D eigenvalue weighted by Crippen LogP contribution is 2.13. The fraction of sp³-hybridized carbons (Fsp3) is 0.800. The molecule has 1 aliphatic rings. The van der Waals surface area contributed by atoms with Gasteiger partial charge in [-0.25, -0.2) is 4.79 Å². The van der Waals surface area contributed by atoms with Gasteiger partial charge >= 0.3 is 5.43 Å². The normalized spacial score (nSPS) is 26.1. The van der Waals surface area contributed by atoms with Crippen LogP contribution >= 0.6 is 11.6 Å². The molecule has 0 radical (unpaired) electrons. The zero-order chi connectivity index (χ0) is 6.69. The van der Waals surface area contributed by atoms with Gasteiger partial charge in [0, 0.05) is 18.0 Å². The molecule has 4 heteroatoms. The molecule has 0 saturated carbocycles. The van der Waals surface area contributed by atoms with Crippen LogP contribution in [-0.2, 0) is 9.47 Å². The molecule has 0 aromatic heterocycles. The smallest absolute Gasteiger partial charge is 0.406 e. The largest absolute Gasteiger partial charge is 0.424 e. The lowest BCUT2D eigenvalue weighted by molar-refractivity contribution is -0.0595. The second kappa shape index (κ2) is 3.03. The molecule has 0 aromatic carbocycles. The first-order chi connectivity index (χ1) is 4.29. The first-order valence-electron chi connectivity index (χ1n) is 2.77. The molecule has 0 N–H and O–H groups in total. The molecule has 52 valence electrons. The standard InChI is InChI=1S/C5H7ClO3/c6-5(7)9-4-2-1-3-8-4/h4H,1-3H2/t4-/m0/s1. The molecular weight excluding hydrogens is 144 g/mol. The Bertz CT molecular complexity index is 109. The van der Waals surface area contributed by atoms with E-state index in [9.17, 15) is 4.79 Å². The van der Waals surface area contributed by atoms with Crippen molar-refractivity contribution in [2.75, 3.05) is 6.61 Å². The molecule has 0 bridgehead atoms. The van der Waals surface area contributed by atoms with Gasteiger partial charge in [-0.3, -0.25) is 0 Å². The van der Waals surface area contributed by atoms with Crippen molar-refractivity contribution < 1.29 is 14.3 Å². The summed E-state index contributed by atoms with van der Waals surface area (Å²) >= 11 is 4.92. The minimum absolute atomic E-state index is 0.394. The number of carbonyl (C=O) groups excluding carboxylic acids is 1. The molecule has 3 nitrogen and oxygen atoms in total.